The second-order valence-electron chi connectivity index (χ2n) is 6.46. The summed E-state index contributed by atoms with van der Waals surface area (Å²) in [7, 11) is 0. The molecule has 2 N–H and O–H groups in total. The third-order valence-corrected chi connectivity index (χ3v) is 5.31. The molecule has 0 saturated carbocycles. The van der Waals surface area contributed by atoms with E-state index in [9.17, 15) is 0 Å². The standard InChI is InChI=1S/C17H24N2S2/c1-12-5-7-14(8-6-12)20-10-13(18)9-16-19-15(11-21-16)17(2,3)4/h5-8,11,13H,9-10,18H2,1-4H3. The third kappa shape index (κ3) is 5.13. The van der Waals surface area contributed by atoms with Crippen molar-refractivity contribution in [1.29, 1.82) is 0 Å². The lowest BCUT2D eigenvalue weighted by Gasteiger charge is -2.14. The van der Waals surface area contributed by atoms with Crippen LogP contribution < -0.4 is 5.73 Å². The minimum absolute atomic E-state index is 0.121. The maximum absolute atomic E-state index is 6.25. The Hall–Kier alpha value is -0.840. The molecule has 0 aliphatic rings. The van der Waals surface area contributed by atoms with Gasteiger partial charge in [-0.05, 0) is 19.1 Å². The number of hydrogen-bond donors (Lipinski definition) is 1. The van der Waals surface area contributed by atoms with Gasteiger partial charge in [-0.25, -0.2) is 4.98 Å². The summed E-state index contributed by atoms with van der Waals surface area (Å²) < 4.78 is 0. The fraction of sp³-hybridized carbons (Fsp3) is 0.471. The van der Waals surface area contributed by atoms with Gasteiger partial charge in [0.25, 0.3) is 0 Å². The van der Waals surface area contributed by atoms with E-state index in [0.29, 0.717) is 0 Å². The normalized spacial score (nSPS) is 13.4. The molecule has 2 aromatic rings. The van der Waals surface area contributed by atoms with Crippen molar-refractivity contribution in [3.63, 3.8) is 0 Å². The van der Waals surface area contributed by atoms with Crippen molar-refractivity contribution < 1.29 is 0 Å². The lowest BCUT2D eigenvalue weighted by Crippen LogP contribution is -2.25. The molecule has 0 aliphatic heterocycles. The Morgan fingerprint density at radius 1 is 1.24 bits per heavy atom. The van der Waals surface area contributed by atoms with Crippen LogP contribution in [0.2, 0.25) is 0 Å². The van der Waals surface area contributed by atoms with E-state index in [4.69, 9.17) is 10.7 Å². The van der Waals surface area contributed by atoms with Gasteiger partial charge in [-0.1, -0.05) is 38.5 Å². The van der Waals surface area contributed by atoms with Gasteiger partial charge >= 0.3 is 0 Å². The topological polar surface area (TPSA) is 38.9 Å². The van der Waals surface area contributed by atoms with Crippen LogP contribution in [0.15, 0.2) is 34.5 Å². The molecule has 0 aliphatic carbocycles. The van der Waals surface area contributed by atoms with Gasteiger partial charge in [-0.2, -0.15) is 0 Å². The van der Waals surface area contributed by atoms with Crippen LogP contribution in [-0.4, -0.2) is 16.8 Å². The third-order valence-electron chi connectivity index (χ3n) is 3.24. The molecule has 114 valence electrons. The minimum atomic E-state index is 0.121. The molecule has 1 unspecified atom stereocenters. The Kier molecular flexibility index (Phi) is 5.47. The quantitative estimate of drug-likeness (QED) is 0.829. The van der Waals surface area contributed by atoms with Gasteiger partial charge in [-0.3, -0.25) is 0 Å². The van der Waals surface area contributed by atoms with Crippen molar-refractivity contribution in [2.24, 2.45) is 5.73 Å². The molecule has 4 heteroatoms. The Labute approximate surface area is 136 Å². The summed E-state index contributed by atoms with van der Waals surface area (Å²) in [5, 5.41) is 3.31. The van der Waals surface area contributed by atoms with Gasteiger partial charge in [0.05, 0.1) is 10.7 Å². The summed E-state index contributed by atoms with van der Waals surface area (Å²) in [4.78, 5) is 6.00. The molecule has 2 rings (SSSR count). The van der Waals surface area contributed by atoms with Crippen LogP contribution in [0.25, 0.3) is 0 Å². The zero-order valence-corrected chi connectivity index (χ0v) is 14.9. The maximum Gasteiger partial charge on any atom is 0.0944 e. The van der Waals surface area contributed by atoms with Gasteiger partial charge in [0.1, 0.15) is 0 Å². The maximum atomic E-state index is 6.25. The van der Waals surface area contributed by atoms with Gasteiger partial charge < -0.3 is 5.73 Å². The summed E-state index contributed by atoms with van der Waals surface area (Å²) in [6.07, 6.45) is 0.861. The van der Waals surface area contributed by atoms with E-state index in [0.717, 1.165) is 17.2 Å². The average molecular weight is 321 g/mol. The first-order chi connectivity index (χ1) is 9.84. The molecular formula is C17H24N2S2. The molecule has 1 aromatic carbocycles. The molecule has 1 heterocycles. The molecule has 0 fully saturated rings. The highest BCUT2D eigenvalue weighted by atomic mass is 32.2. The number of rotatable bonds is 5. The SMILES string of the molecule is Cc1ccc(SCC(N)Cc2nc(C(C)(C)C)cs2)cc1. The van der Waals surface area contributed by atoms with Crippen LogP contribution >= 0.6 is 23.1 Å². The number of thiazole rings is 1. The number of hydrogen-bond acceptors (Lipinski definition) is 4. The lowest BCUT2D eigenvalue weighted by atomic mass is 9.93. The number of thioether (sulfide) groups is 1. The van der Waals surface area contributed by atoms with Crippen molar-refractivity contribution in [3.8, 4) is 0 Å². The van der Waals surface area contributed by atoms with Crippen molar-refractivity contribution in [3.05, 3.63) is 45.9 Å². The average Bonchev–Trinajstić information content (AvgIpc) is 2.86. The van der Waals surface area contributed by atoms with Crippen LogP contribution in [0.5, 0.6) is 0 Å². The molecule has 21 heavy (non-hydrogen) atoms. The van der Waals surface area contributed by atoms with E-state index < -0.39 is 0 Å². The van der Waals surface area contributed by atoms with Crippen LogP contribution in [0, 0.1) is 6.92 Å². The fourth-order valence-electron chi connectivity index (χ4n) is 1.87. The second-order valence-corrected chi connectivity index (χ2v) is 8.50. The van der Waals surface area contributed by atoms with E-state index in [1.807, 2.05) is 11.8 Å². The highest BCUT2D eigenvalue weighted by Crippen LogP contribution is 2.25. The van der Waals surface area contributed by atoms with E-state index >= 15 is 0 Å². The Balaban J connectivity index is 1.85. The smallest absolute Gasteiger partial charge is 0.0944 e. The lowest BCUT2D eigenvalue weighted by molar-refractivity contribution is 0.569. The number of benzene rings is 1. The van der Waals surface area contributed by atoms with Gasteiger partial charge in [-0.15, -0.1) is 23.1 Å². The summed E-state index contributed by atoms with van der Waals surface area (Å²) in [6, 6.07) is 8.76. The van der Waals surface area contributed by atoms with Crippen LogP contribution in [0.1, 0.15) is 37.0 Å². The number of aryl methyl sites for hydroxylation is 1. The highest BCUT2D eigenvalue weighted by Gasteiger charge is 2.18. The highest BCUT2D eigenvalue weighted by molar-refractivity contribution is 7.99. The van der Waals surface area contributed by atoms with Crippen molar-refractivity contribution in [2.45, 2.75) is 50.5 Å². The van der Waals surface area contributed by atoms with Crippen molar-refractivity contribution >= 4 is 23.1 Å². The van der Waals surface area contributed by atoms with Gasteiger partial charge in [0.15, 0.2) is 0 Å². The van der Waals surface area contributed by atoms with E-state index in [2.05, 4.69) is 57.3 Å². The zero-order chi connectivity index (χ0) is 15.5. The first-order valence-electron chi connectivity index (χ1n) is 7.24. The molecule has 2 nitrogen and oxygen atoms in total. The number of nitrogens with two attached hydrogens (primary N) is 1. The predicted octanol–water partition coefficient (Wildman–Crippen LogP) is 4.41. The molecule has 0 amide bonds. The summed E-state index contributed by atoms with van der Waals surface area (Å²) in [6.45, 7) is 8.69. The molecule has 0 spiro atoms. The summed E-state index contributed by atoms with van der Waals surface area (Å²) >= 11 is 3.55. The monoisotopic (exact) mass is 320 g/mol. The minimum Gasteiger partial charge on any atom is -0.327 e. The molecule has 0 bridgehead atoms. The molecule has 1 atom stereocenters. The first kappa shape index (κ1) is 16.5. The molecule has 0 saturated heterocycles. The van der Waals surface area contributed by atoms with Crippen LogP contribution in [-0.2, 0) is 11.8 Å². The van der Waals surface area contributed by atoms with E-state index in [-0.39, 0.29) is 11.5 Å². The molecule has 0 radical (unpaired) electrons. The number of nitrogens with zero attached hydrogens (tertiary/aromatic N) is 1. The van der Waals surface area contributed by atoms with Gasteiger partial charge in [0, 0.05) is 33.9 Å². The largest absolute Gasteiger partial charge is 0.327 e. The number of aromatic nitrogens is 1. The Morgan fingerprint density at radius 2 is 1.90 bits per heavy atom. The van der Waals surface area contributed by atoms with Crippen molar-refractivity contribution in [1.82, 2.24) is 4.98 Å². The molecular weight excluding hydrogens is 296 g/mol. The Morgan fingerprint density at radius 3 is 2.48 bits per heavy atom. The van der Waals surface area contributed by atoms with Crippen LogP contribution in [0.4, 0.5) is 0 Å². The summed E-state index contributed by atoms with van der Waals surface area (Å²) in [5.74, 6) is 0.924. The Bertz CT molecular complexity index is 567. The first-order valence-corrected chi connectivity index (χ1v) is 9.11. The van der Waals surface area contributed by atoms with Gasteiger partial charge in [0.2, 0.25) is 0 Å². The van der Waals surface area contributed by atoms with E-state index in [1.165, 1.54) is 16.2 Å². The van der Waals surface area contributed by atoms with E-state index in [1.54, 1.807) is 11.3 Å². The predicted molar refractivity (Wildman–Crippen MR) is 94.4 cm³/mol. The summed E-state index contributed by atoms with van der Waals surface area (Å²) in [5.41, 5.74) is 8.83. The van der Waals surface area contributed by atoms with Crippen molar-refractivity contribution in [2.75, 3.05) is 5.75 Å². The second kappa shape index (κ2) is 6.95. The fourth-order valence-corrected chi connectivity index (χ4v) is 3.84. The zero-order valence-electron chi connectivity index (χ0n) is 13.2. The molecule has 1 aromatic heterocycles. The van der Waals surface area contributed by atoms with Crippen LogP contribution in [0.3, 0.4) is 0 Å².